The van der Waals surface area contributed by atoms with Crippen LogP contribution in [-0.2, 0) is 6.42 Å². The molecule has 3 rings (SSSR count). The summed E-state index contributed by atoms with van der Waals surface area (Å²) in [4.78, 5) is 0. The van der Waals surface area contributed by atoms with Crippen molar-refractivity contribution in [3.8, 4) is 0 Å². The number of rotatable bonds is 1. The molecule has 1 aromatic carbocycles. The highest BCUT2D eigenvalue weighted by molar-refractivity contribution is 6.33. The van der Waals surface area contributed by atoms with Crippen LogP contribution in [0, 0.1) is 5.41 Å². The summed E-state index contributed by atoms with van der Waals surface area (Å²) in [5.41, 5.74) is 4.45. The Kier molecular flexibility index (Phi) is 2.99. The normalized spacial score (nSPS) is 30.5. The van der Waals surface area contributed by atoms with Crippen LogP contribution in [0.25, 0.3) is 6.08 Å². The summed E-state index contributed by atoms with van der Waals surface area (Å²) < 4.78 is 0. The van der Waals surface area contributed by atoms with E-state index in [4.69, 9.17) is 11.6 Å². The predicted molar refractivity (Wildman–Crippen MR) is 78.2 cm³/mol. The molecular weight excluding hydrogens is 242 g/mol. The van der Waals surface area contributed by atoms with Crippen molar-refractivity contribution < 1.29 is 0 Å². The van der Waals surface area contributed by atoms with Gasteiger partial charge in [0.1, 0.15) is 0 Å². The zero-order valence-corrected chi connectivity index (χ0v) is 11.8. The predicted octanol–water partition coefficient (Wildman–Crippen LogP) is 4.01. The van der Waals surface area contributed by atoms with Crippen molar-refractivity contribution >= 4 is 17.7 Å². The molecule has 1 aliphatic heterocycles. The summed E-state index contributed by atoms with van der Waals surface area (Å²) in [6.45, 7) is 6.69. The molecule has 0 radical (unpaired) electrons. The maximum absolute atomic E-state index is 6.57. The van der Waals surface area contributed by atoms with E-state index >= 15 is 0 Å². The topological polar surface area (TPSA) is 12.0 Å². The number of benzene rings is 1. The van der Waals surface area contributed by atoms with Crippen LogP contribution in [0.3, 0.4) is 0 Å². The fourth-order valence-corrected chi connectivity index (χ4v) is 3.90. The van der Waals surface area contributed by atoms with Crippen LogP contribution >= 0.6 is 11.6 Å². The van der Waals surface area contributed by atoms with Gasteiger partial charge in [-0.25, -0.2) is 0 Å². The van der Waals surface area contributed by atoms with Gasteiger partial charge in [-0.2, -0.15) is 0 Å². The van der Waals surface area contributed by atoms with Gasteiger partial charge in [-0.05, 0) is 41.9 Å². The summed E-state index contributed by atoms with van der Waals surface area (Å²) >= 11 is 6.57. The molecule has 1 N–H and O–H groups in total. The molecule has 2 heteroatoms. The third kappa shape index (κ3) is 1.72. The molecule has 0 bridgehead atoms. The van der Waals surface area contributed by atoms with Crippen LogP contribution in [0.15, 0.2) is 18.2 Å². The number of halogens is 1. The number of hydrogen-bond donors (Lipinski definition) is 1. The van der Waals surface area contributed by atoms with E-state index in [0.29, 0.717) is 11.3 Å². The average Bonchev–Trinajstić information content (AvgIpc) is 2.75. The van der Waals surface area contributed by atoms with Gasteiger partial charge in [-0.3, -0.25) is 0 Å². The Morgan fingerprint density at radius 2 is 2.28 bits per heavy atom. The van der Waals surface area contributed by atoms with Gasteiger partial charge in [0, 0.05) is 19.0 Å². The van der Waals surface area contributed by atoms with Crippen LogP contribution in [0.4, 0.5) is 0 Å². The van der Waals surface area contributed by atoms with Crippen LogP contribution in [0.5, 0.6) is 0 Å². The lowest BCUT2D eigenvalue weighted by Gasteiger charge is -2.37. The smallest absolute Gasteiger partial charge is 0.0513 e. The van der Waals surface area contributed by atoms with E-state index in [9.17, 15) is 0 Å². The lowest BCUT2D eigenvalue weighted by Crippen LogP contribution is -2.30. The standard InChI is InChI=1S/C16H20ClN/c1-3-4-11-5-6-12-13(15(11)17)7-8-16(2)10-18-9-14(12)16/h3-6,14,18H,7-10H2,1-2H3/b4-3-. The lowest BCUT2D eigenvalue weighted by atomic mass is 9.67. The van der Waals surface area contributed by atoms with Crippen molar-refractivity contribution in [2.45, 2.75) is 32.6 Å². The van der Waals surface area contributed by atoms with E-state index in [-0.39, 0.29) is 0 Å². The zero-order chi connectivity index (χ0) is 12.8. The van der Waals surface area contributed by atoms with Gasteiger partial charge < -0.3 is 5.32 Å². The van der Waals surface area contributed by atoms with Crippen LogP contribution in [0.2, 0.25) is 5.02 Å². The molecule has 0 aromatic heterocycles. The third-order valence-corrected chi connectivity index (χ3v) is 5.14. The van der Waals surface area contributed by atoms with Gasteiger partial charge in [0.15, 0.2) is 0 Å². The Hall–Kier alpha value is -0.790. The Morgan fingerprint density at radius 3 is 3.06 bits per heavy atom. The van der Waals surface area contributed by atoms with Gasteiger partial charge >= 0.3 is 0 Å². The van der Waals surface area contributed by atoms with E-state index < -0.39 is 0 Å². The highest BCUT2D eigenvalue weighted by Crippen LogP contribution is 2.49. The summed E-state index contributed by atoms with van der Waals surface area (Å²) in [5, 5.41) is 4.52. The molecule has 1 aliphatic carbocycles. The summed E-state index contributed by atoms with van der Waals surface area (Å²) in [7, 11) is 0. The molecule has 0 spiro atoms. The molecule has 2 aliphatic rings. The lowest BCUT2D eigenvalue weighted by molar-refractivity contribution is 0.277. The van der Waals surface area contributed by atoms with Gasteiger partial charge in [0.25, 0.3) is 0 Å². The summed E-state index contributed by atoms with van der Waals surface area (Å²) in [5.74, 6) is 0.637. The summed E-state index contributed by atoms with van der Waals surface area (Å²) in [6, 6.07) is 4.47. The monoisotopic (exact) mass is 261 g/mol. The molecule has 96 valence electrons. The van der Waals surface area contributed by atoms with Crippen molar-refractivity contribution in [3.63, 3.8) is 0 Å². The van der Waals surface area contributed by atoms with Gasteiger partial charge in [0.05, 0.1) is 5.02 Å². The minimum atomic E-state index is 0.429. The van der Waals surface area contributed by atoms with E-state index in [1.165, 1.54) is 17.5 Å². The maximum Gasteiger partial charge on any atom is 0.0513 e. The Labute approximate surface area is 114 Å². The van der Waals surface area contributed by atoms with Crippen LogP contribution in [-0.4, -0.2) is 13.1 Å². The van der Waals surface area contributed by atoms with E-state index in [2.05, 4.69) is 36.5 Å². The highest BCUT2D eigenvalue weighted by Gasteiger charge is 2.43. The first-order chi connectivity index (χ1) is 8.65. The fourth-order valence-electron chi connectivity index (χ4n) is 3.57. The van der Waals surface area contributed by atoms with Crippen molar-refractivity contribution in [2.24, 2.45) is 5.41 Å². The molecule has 2 atom stereocenters. The summed E-state index contributed by atoms with van der Waals surface area (Å²) in [6.07, 6.45) is 6.52. The number of fused-ring (bicyclic) bond motifs is 3. The zero-order valence-electron chi connectivity index (χ0n) is 11.1. The number of nitrogens with one attached hydrogen (secondary N) is 1. The van der Waals surface area contributed by atoms with Crippen LogP contribution < -0.4 is 5.32 Å². The SMILES string of the molecule is C/C=C\c1ccc2c(c1Cl)CCC1(C)CNCC21. The Balaban J connectivity index is 2.10. The Bertz CT molecular complexity index is 506. The van der Waals surface area contributed by atoms with Crippen molar-refractivity contribution in [1.82, 2.24) is 5.32 Å². The molecule has 2 unspecified atom stereocenters. The number of hydrogen-bond acceptors (Lipinski definition) is 1. The van der Waals surface area contributed by atoms with Crippen molar-refractivity contribution in [1.29, 1.82) is 0 Å². The fraction of sp³-hybridized carbons (Fsp3) is 0.500. The van der Waals surface area contributed by atoms with Gasteiger partial charge in [0.2, 0.25) is 0 Å². The molecule has 1 heterocycles. The molecule has 1 nitrogen and oxygen atoms in total. The van der Waals surface area contributed by atoms with Crippen LogP contribution in [0.1, 0.15) is 42.9 Å². The minimum Gasteiger partial charge on any atom is -0.316 e. The van der Waals surface area contributed by atoms with E-state index in [1.807, 2.05) is 6.92 Å². The molecule has 0 amide bonds. The molecule has 0 saturated carbocycles. The average molecular weight is 262 g/mol. The molecule has 18 heavy (non-hydrogen) atoms. The largest absolute Gasteiger partial charge is 0.316 e. The molecule has 1 fully saturated rings. The first-order valence-corrected chi connectivity index (χ1v) is 7.18. The maximum atomic E-state index is 6.57. The Morgan fingerprint density at radius 1 is 1.44 bits per heavy atom. The second kappa shape index (κ2) is 4.40. The second-order valence-electron chi connectivity index (χ2n) is 5.87. The number of allylic oxidation sites excluding steroid dienone is 1. The van der Waals surface area contributed by atoms with E-state index in [1.54, 1.807) is 0 Å². The second-order valence-corrected chi connectivity index (χ2v) is 6.25. The molecule has 1 aromatic rings. The van der Waals surface area contributed by atoms with Crippen molar-refractivity contribution in [2.75, 3.05) is 13.1 Å². The first-order valence-electron chi connectivity index (χ1n) is 6.80. The first kappa shape index (κ1) is 12.3. The van der Waals surface area contributed by atoms with Gasteiger partial charge in [-0.15, -0.1) is 0 Å². The highest BCUT2D eigenvalue weighted by atomic mass is 35.5. The van der Waals surface area contributed by atoms with Gasteiger partial charge in [-0.1, -0.05) is 42.8 Å². The van der Waals surface area contributed by atoms with E-state index in [0.717, 1.165) is 30.1 Å². The minimum absolute atomic E-state index is 0.429. The quantitative estimate of drug-likeness (QED) is 0.805. The van der Waals surface area contributed by atoms with Crippen molar-refractivity contribution in [3.05, 3.63) is 39.9 Å². The molecular formula is C16H20ClN. The third-order valence-electron chi connectivity index (χ3n) is 4.70. The molecule has 1 saturated heterocycles.